The van der Waals surface area contributed by atoms with Crippen LogP contribution in [0.3, 0.4) is 0 Å². The van der Waals surface area contributed by atoms with Gasteiger partial charge in [0.2, 0.25) is 10.0 Å². The van der Waals surface area contributed by atoms with E-state index in [1.807, 2.05) is 26.0 Å². The fraction of sp³-hybridized carbons (Fsp3) is 0.538. The van der Waals surface area contributed by atoms with Gasteiger partial charge < -0.3 is 9.47 Å². The molecule has 0 saturated carbocycles. The molecule has 0 amide bonds. The second-order valence-electron chi connectivity index (χ2n) is 9.02. The number of aryl methyl sites for hydroxylation is 1. The minimum absolute atomic E-state index is 0.389. The predicted octanol–water partition coefficient (Wildman–Crippen LogP) is 4.35. The molecule has 0 aromatic heterocycles. The van der Waals surface area contributed by atoms with Gasteiger partial charge in [-0.25, -0.2) is 8.42 Å². The van der Waals surface area contributed by atoms with E-state index in [4.69, 9.17) is 9.47 Å². The van der Waals surface area contributed by atoms with Crippen LogP contribution in [0.5, 0.6) is 11.5 Å². The van der Waals surface area contributed by atoms with Crippen molar-refractivity contribution >= 4 is 10.0 Å². The van der Waals surface area contributed by atoms with E-state index in [1.54, 1.807) is 30.7 Å². The molecule has 1 unspecified atom stereocenters. The van der Waals surface area contributed by atoms with Crippen LogP contribution >= 0.6 is 0 Å². The summed E-state index contributed by atoms with van der Waals surface area (Å²) >= 11 is 0. The monoisotopic (exact) mass is 472 g/mol. The summed E-state index contributed by atoms with van der Waals surface area (Å²) in [5.74, 6) is 1.73. The zero-order valence-corrected chi connectivity index (χ0v) is 21.1. The number of benzene rings is 2. The molecule has 1 aliphatic heterocycles. The van der Waals surface area contributed by atoms with E-state index in [0.29, 0.717) is 24.0 Å². The Labute approximate surface area is 198 Å². The molecule has 2 aromatic rings. The van der Waals surface area contributed by atoms with Crippen molar-refractivity contribution in [3.8, 4) is 11.5 Å². The predicted molar refractivity (Wildman–Crippen MR) is 131 cm³/mol. The van der Waals surface area contributed by atoms with E-state index < -0.39 is 10.0 Å². The van der Waals surface area contributed by atoms with Gasteiger partial charge in [0.05, 0.1) is 19.1 Å². The first kappa shape index (κ1) is 24.0. The van der Waals surface area contributed by atoms with Crippen molar-refractivity contribution in [2.24, 2.45) is 0 Å². The van der Waals surface area contributed by atoms with Crippen LogP contribution in [0.25, 0.3) is 0 Å². The smallest absolute Gasteiger partial charge is 0.243 e. The molecular formula is C26H36N2O4S. The number of methoxy groups -OCH3 is 2. The first-order chi connectivity index (χ1) is 15.9. The lowest BCUT2D eigenvalue weighted by Gasteiger charge is -2.35. The molecule has 1 aliphatic carbocycles. The first-order valence-corrected chi connectivity index (χ1v) is 13.4. The summed E-state index contributed by atoms with van der Waals surface area (Å²) in [6.45, 7) is 6.90. The van der Waals surface area contributed by atoms with Crippen LogP contribution < -0.4 is 9.47 Å². The first-order valence-electron chi connectivity index (χ1n) is 12.0. The Morgan fingerprint density at radius 1 is 1.12 bits per heavy atom. The Morgan fingerprint density at radius 2 is 1.94 bits per heavy atom. The fourth-order valence-corrected chi connectivity index (χ4v) is 7.06. The number of hydrogen-bond acceptors (Lipinski definition) is 5. The summed E-state index contributed by atoms with van der Waals surface area (Å²) in [5.41, 5.74) is 5.10. The van der Waals surface area contributed by atoms with Crippen LogP contribution in [-0.2, 0) is 22.9 Å². The molecule has 0 spiro atoms. The number of unbranched alkanes of at least 4 members (excludes halogenated alkanes) is 1. The minimum atomic E-state index is -3.45. The molecule has 0 saturated heterocycles. The topological polar surface area (TPSA) is 59.1 Å². The molecule has 33 heavy (non-hydrogen) atoms. The van der Waals surface area contributed by atoms with Gasteiger partial charge in [-0.05, 0) is 80.5 Å². The highest BCUT2D eigenvalue weighted by molar-refractivity contribution is 7.89. The highest BCUT2D eigenvalue weighted by Crippen LogP contribution is 2.48. The average Bonchev–Trinajstić information content (AvgIpc) is 3.26. The second kappa shape index (κ2) is 10.0. The highest BCUT2D eigenvalue weighted by Gasteiger charge is 2.36. The van der Waals surface area contributed by atoms with Crippen molar-refractivity contribution < 1.29 is 17.9 Å². The maximum absolute atomic E-state index is 13.1. The van der Waals surface area contributed by atoms with Gasteiger partial charge in [0.25, 0.3) is 0 Å². The second-order valence-corrected chi connectivity index (χ2v) is 11.0. The summed E-state index contributed by atoms with van der Waals surface area (Å²) in [5, 5.41) is 0. The largest absolute Gasteiger partial charge is 0.493 e. The third-order valence-electron chi connectivity index (χ3n) is 7.09. The molecule has 0 bridgehead atoms. The summed E-state index contributed by atoms with van der Waals surface area (Å²) in [7, 11) is -0.0196. The zero-order valence-electron chi connectivity index (χ0n) is 20.3. The zero-order chi connectivity index (χ0) is 23.6. The lowest BCUT2D eigenvalue weighted by molar-refractivity contribution is 0.180. The van der Waals surface area contributed by atoms with Gasteiger partial charge in [-0.2, -0.15) is 4.31 Å². The number of ether oxygens (including phenoxy) is 2. The summed E-state index contributed by atoms with van der Waals surface area (Å²) in [6, 6.07) is 9.77. The fourth-order valence-electron chi connectivity index (χ4n) is 5.47. The maximum atomic E-state index is 13.1. The Kier molecular flexibility index (Phi) is 7.31. The van der Waals surface area contributed by atoms with Crippen LogP contribution in [0, 0.1) is 6.92 Å². The van der Waals surface area contributed by atoms with Gasteiger partial charge in [-0.3, -0.25) is 4.90 Å². The van der Waals surface area contributed by atoms with Crippen molar-refractivity contribution in [1.82, 2.24) is 9.21 Å². The Hall–Kier alpha value is -2.09. The van der Waals surface area contributed by atoms with Gasteiger partial charge in [0, 0.05) is 31.2 Å². The maximum Gasteiger partial charge on any atom is 0.243 e. The van der Waals surface area contributed by atoms with Crippen LogP contribution in [0.1, 0.15) is 54.5 Å². The SMILES string of the molecule is CCN(CCCCN1CCc2cc(OC)c(OC)c3c2C1CC3)S(=O)(=O)c1cccc(C)c1. The molecule has 4 rings (SSSR count). The van der Waals surface area contributed by atoms with Gasteiger partial charge in [-0.1, -0.05) is 19.1 Å². The number of nitrogens with zero attached hydrogens (tertiary/aromatic N) is 2. The van der Waals surface area contributed by atoms with Crippen molar-refractivity contribution in [2.75, 3.05) is 40.4 Å². The summed E-state index contributed by atoms with van der Waals surface area (Å²) < 4.78 is 39.0. The Balaban J connectivity index is 1.38. The van der Waals surface area contributed by atoms with Gasteiger partial charge in [0.1, 0.15) is 0 Å². The molecule has 2 aromatic carbocycles. The van der Waals surface area contributed by atoms with E-state index in [-0.39, 0.29) is 0 Å². The molecule has 0 fully saturated rings. The highest BCUT2D eigenvalue weighted by atomic mass is 32.2. The number of rotatable bonds is 10. The molecule has 2 aliphatic rings. The molecule has 0 radical (unpaired) electrons. The standard InChI is InChI=1S/C26H36N2O4S/c1-5-28(33(29,30)21-10-8-9-19(2)17-21)15-7-6-14-27-16-13-20-18-24(31-3)26(32-4)22-11-12-23(27)25(20)22/h8-10,17-18,23H,5-7,11-16H2,1-4H3. The van der Waals surface area contributed by atoms with Crippen LogP contribution in [0.2, 0.25) is 0 Å². The molecule has 180 valence electrons. The Bertz CT molecular complexity index is 1100. The van der Waals surface area contributed by atoms with Crippen LogP contribution in [-0.4, -0.2) is 58.0 Å². The van der Waals surface area contributed by atoms with Crippen molar-refractivity contribution in [3.05, 3.63) is 52.6 Å². The summed E-state index contributed by atoms with van der Waals surface area (Å²) in [6.07, 6.45) is 4.97. The van der Waals surface area contributed by atoms with E-state index >= 15 is 0 Å². The molecule has 0 N–H and O–H groups in total. The van der Waals surface area contributed by atoms with Crippen molar-refractivity contribution in [1.29, 1.82) is 0 Å². The quantitative estimate of drug-likeness (QED) is 0.481. The molecule has 6 nitrogen and oxygen atoms in total. The lowest BCUT2D eigenvalue weighted by Crippen LogP contribution is -2.36. The molecule has 1 heterocycles. The third-order valence-corrected chi connectivity index (χ3v) is 9.06. The lowest BCUT2D eigenvalue weighted by atomic mass is 9.92. The normalized spacial score (nSPS) is 17.9. The number of hydrogen-bond donors (Lipinski definition) is 0. The van der Waals surface area contributed by atoms with Gasteiger partial charge >= 0.3 is 0 Å². The average molecular weight is 473 g/mol. The molecule has 1 atom stereocenters. The van der Waals surface area contributed by atoms with E-state index in [0.717, 1.165) is 62.3 Å². The van der Waals surface area contributed by atoms with Gasteiger partial charge in [0.15, 0.2) is 11.5 Å². The number of sulfonamides is 1. The van der Waals surface area contributed by atoms with Crippen LogP contribution in [0.4, 0.5) is 0 Å². The van der Waals surface area contributed by atoms with E-state index in [9.17, 15) is 8.42 Å². The molecule has 7 heteroatoms. The van der Waals surface area contributed by atoms with E-state index in [2.05, 4.69) is 11.0 Å². The Morgan fingerprint density at radius 3 is 2.64 bits per heavy atom. The minimum Gasteiger partial charge on any atom is -0.493 e. The van der Waals surface area contributed by atoms with Crippen LogP contribution in [0.15, 0.2) is 35.2 Å². The third kappa shape index (κ3) is 4.63. The van der Waals surface area contributed by atoms with Crippen molar-refractivity contribution in [3.63, 3.8) is 0 Å². The van der Waals surface area contributed by atoms with Crippen molar-refractivity contribution in [2.45, 2.75) is 56.9 Å². The molecular weight excluding hydrogens is 436 g/mol. The van der Waals surface area contributed by atoms with E-state index in [1.165, 1.54) is 16.7 Å². The summed E-state index contributed by atoms with van der Waals surface area (Å²) in [4.78, 5) is 2.97. The van der Waals surface area contributed by atoms with Gasteiger partial charge in [-0.15, -0.1) is 0 Å².